The number of aryl methyl sites for hydroxylation is 2. The van der Waals surface area contributed by atoms with E-state index in [1.165, 1.54) is 7.11 Å². The molecule has 1 amide bonds. The van der Waals surface area contributed by atoms with Gasteiger partial charge in [-0.3, -0.25) is 9.59 Å². The third-order valence-electron chi connectivity index (χ3n) is 5.47. The summed E-state index contributed by atoms with van der Waals surface area (Å²) < 4.78 is 4.83. The number of ketones is 1. The summed E-state index contributed by atoms with van der Waals surface area (Å²) >= 11 is 0. The van der Waals surface area contributed by atoms with Crippen molar-refractivity contribution in [2.24, 2.45) is 0 Å². The highest BCUT2D eigenvalue weighted by Crippen LogP contribution is 2.27. The van der Waals surface area contributed by atoms with Gasteiger partial charge in [-0.25, -0.2) is 4.79 Å². The summed E-state index contributed by atoms with van der Waals surface area (Å²) in [6.07, 6.45) is 1.07. The van der Waals surface area contributed by atoms with Crippen LogP contribution in [0.3, 0.4) is 0 Å². The topological polar surface area (TPSA) is 75.7 Å². The van der Waals surface area contributed by atoms with Crippen LogP contribution in [0, 0.1) is 20.8 Å². The third-order valence-corrected chi connectivity index (χ3v) is 5.47. The largest absolute Gasteiger partial charge is 0.465 e. The predicted octanol–water partition coefficient (Wildman–Crippen LogP) is 3.82. The Balaban J connectivity index is 1.89. The second kappa shape index (κ2) is 8.47. The van der Waals surface area contributed by atoms with E-state index in [0.29, 0.717) is 48.3 Å². The minimum Gasteiger partial charge on any atom is -0.465 e. The molecule has 2 aromatic rings. The number of ether oxygens (including phenoxy) is 1. The maximum atomic E-state index is 13.1. The van der Waals surface area contributed by atoms with E-state index in [1.807, 2.05) is 32.0 Å². The summed E-state index contributed by atoms with van der Waals surface area (Å²) in [4.78, 5) is 38.7. The number of hydrogen-bond donors (Lipinski definition) is 1. The van der Waals surface area contributed by atoms with Crippen molar-refractivity contribution < 1.29 is 19.1 Å². The number of anilines is 2. The Kier molecular flexibility index (Phi) is 6.01. The van der Waals surface area contributed by atoms with Crippen molar-refractivity contribution >= 4 is 29.0 Å². The van der Waals surface area contributed by atoms with Gasteiger partial charge in [0.2, 0.25) is 0 Å². The fourth-order valence-corrected chi connectivity index (χ4v) is 3.62. The molecular formula is C23H26N2O4. The van der Waals surface area contributed by atoms with Crippen molar-refractivity contribution in [2.75, 3.05) is 30.4 Å². The lowest BCUT2D eigenvalue weighted by atomic mass is 10.0. The first-order valence-electron chi connectivity index (χ1n) is 9.69. The molecule has 1 N–H and O–H groups in total. The molecule has 0 saturated carbocycles. The number of carbonyl (C=O) groups is 3. The summed E-state index contributed by atoms with van der Waals surface area (Å²) in [5, 5.41) is 2.97. The van der Waals surface area contributed by atoms with Crippen LogP contribution < -0.4 is 10.2 Å². The summed E-state index contributed by atoms with van der Waals surface area (Å²) in [7, 11) is 1.34. The molecule has 0 atom stereocenters. The highest BCUT2D eigenvalue weighted by atomic mass is 16.5. The standard InChI is InChI=1S/C23H26N2O4/c1-14-5-7-17(25-11-9-18(26)10-12-25)13-20(14)22(27)24-21-15(2)6-8-19(16(21)3)23(28)29-4/h5-8,13H,9-12H2,1-4H3,(H,24,27). The quantitative estimate of drug-likeness (QED) is 0.798. The van der Waals surface area contributed by atoms with E-state index < -0.39 is 5.97 Å². The van der Waals surface area contributed by atoms with Crippen LogP contribution in [0.15, 0.2) is 30.3 Å². The maximum absolute atomic E-state index is 13.1. The van der Waals surface area contributed by atoms with Gasteiger partial charge in [0, 0.05) is 42.9 Å². The van der Waals surface area contributed by atoms with E-state index in [2.05, 4.69) is 10.2 Å². The first-order valence-corrected chi connectivity index (χ1v) is 9.69. The van der Waals surface area contributed by atoms with Crippen LogP contribution in [0.5, 0.6) is 0 Å². The maximum Gasteiger partial charge on any atom is 0.338 e. The van der Waals surface area contributed by atoms with E-state index in [0.717, 1.165) is 16.8 Å². The first kappa shape index (κ1) is 20.6. The molecule has 0 bridgehead atoms. The Morgan fingerprint density at radius 2 is 1.62 bits per heavy atom. The highest BCUT2D eigenvalue weighted by Gasteiger charge is 2.20. The van der Waals surface area contributed by atoms with Gasteiger partial charge in [0.1, 0.15) is 5.78 Å². The van der Waals surface area contributed by atoms with Crippen molar-refractivity contribution in [2.45, 2.75) is 33.6 Å². The second-order valence-electron chi connectivity index (χ2n) is 7.40. The molecular weight excluding hydrogens is 368 g/mol. The molecule has 0 aliphatic carbocycles. The van der Waals surface area contributed by atoms with Gasteiger partial charge in [-0.15, -0.1) is 0 Å². The molecule has 0 aromatic heterocycles. The highest BCUT2D eigenvalue weighted by molar-refractivity contribution is 6.07. The van der Waals surface area contributed by atoms with Gasteiger partial charge < -0.3 is 15.0 Å². The second-order valence-corrected chi connectivity index (χ2v) is 7.40. The van der Waals surface area contributed by atoms with E-state index in [-0.39, 0.29) is 11.7 Å². The van der Waals surface area contributed by atoms with Crippen molar-refractivity contribution in [1.29, 1.82) is 0 Å². The number of carbonyl (C=O) groups excluding carboxylic acids is 3. The number of benzene rings is 2. The molecule has 1 heterocycles. The molecule has 1 aliphatic rings. The predicted molar refractivity (Wildman–Crippen MR) is 113 cm³/mol. The molecule has 1 fully saturated rings. The van der Waals surface area contributed by atoms with Crippen molar-refractivity contribution in [3.63, 3.8) is 0 Å². The van der Waals surface area contributed by atoms with Gasteiger partial charge in [0.15, 0.2) is 0 Å². The van der Waals surface area contributed by atoms with Gasteiger partial charge in [-0.1, -0.05) is 12.1 Å². The fourth-order valence-electron chi connectivity index (χ4n) is 3.62. The van der Waals surface area contributed by atoms with Crippen LogP contribution in [-0.2, 0) is 9.53 Å². The normalized spacial score (nSPS) is 13.9. The summed E-state index contributed by atoms with van der Waals surface area (Å²) in [6.45, 7) is 6.91. The number of Topliss-reactive ketones (excluding diaryl/α,β-unsaturated/α-hetero) is 1. The van der Waals surface area contributed by atoms with Gasteiger partial charge in [-0.05, 0) is 55.7 Å². The zero-order chi connectivity index (χ0) is 21.1. The Morgan fingerprint density at radius 1 is 0.966 bits per heavy atom. The van der Waals surface area contributed by atoms with Crippen LogP contribution in [0.4, 0.5) is 11.4 Å². The van der Waals surface area contributed by atoms with E-state index in [4.69, 9.17) is 4.74 Å². The molecule has 152 valence electrons. The fraction of sp³-hybridized carbons (Fsp3) is 0.348. The van der Waals surface area contributed by atoms with Crippen molar-refractivity contribution in [1.82, 2.24) is 0 Å². The number of amides is 1. The molecule has 0 spiro atoms. The number of hydrogen-bond acceptors (Lipinski definition) is 5. The molecule has 2 aromatic carbocycles. The number of nitrogens with zero attached hydrogens (tertiary/aromatic N) is 1. The zero-order valence-corrected chi connectivity index (χ0v) is 17.3. The summed E-state index contributed by atoms with van der Waals surface area (Å²) in [5.74, 6) is -0.385. The summed E-state index contributed by atoms with van der Waals surface area (Å²) in [6, 6.07) is 9.27. The number of nitrogens with one attached hydrogen (secondary N) is 1. The molecule has 6 nitrogen and oxygen atoms in total. The minimum atomic E-state index is -0.434. The Morgan fingerprint density at radius 3 is 2.28 bits per heavy atom. The molecule has 6 heteroatoms. The number of piperidine rings is 1. The lowest BCUT2D eigenvalue weighted by Crippen LogP contribution is -2.33. The molecule has 3 rings (SSSR count). The monoisotopic (exact) mass is 394 g/mol. The van der Waals surface area contributed by atoms with Gasteiger partial charge in [0.05, 0.1) is 12.7 Å². The van der Waals surface area contributed by atoms with Crippen LogP contribution >= 0.6 is 0 Å². The van der Waals surface area contributed by atoms with Crippen molar-refractivity contribution in [3.8, 4) is 0 Å². The molecule has 29 heavy (non-hydrogen) atoms. The number of methoxy groups -OCH3 is 1. The molecule has 0 unspecified atom stereocenters. The third kappa shape index (κ3) is 4.31. The van der Waals surface area contributed by atoms with Crippen molar-refractivity contribution in [3.05, 3.63) is 58.1 Å². The number of esters is 1. The van der Waals surface area contributed by atoms with Crippen LogP contribution in [0.1, 0.15) is 50.2 Å². The Labute approximate surface area is 170 Å². The van der Waals surface area contributed by atoms with Crippen LogP contribution in [-0.4, -0.2) is 37.9 Å². The van der Waals surface area contributed by atoms with Gasteiger partial charge in [-0.2, -0.15) is 0 Å². The number of rotatable bonds is 4. The van der Waals surface area contributed by atoms with Gasteiger partial charge >= 0.3 is 5.97 Å². The van der Waals surface area contributed by atoms with E-state index >= 15 is 0 Å². The molecule has 0 radical (unpaired) electrons. The molecule has 1 aliphatic heterocycles. The average molecular weight is 394 g/mol. The van der Waals surface area contributed by atoms with Gasteiger partial charge in [0.25, 0.3) is 5.91 Å². The van der Waals surface area contributed by atoms with E-state index in [1.54, 1.807) is 19.1 Å². The molecule has 1 saturated heterocycles. The Hall–Kier alpha value is -3.15. The minimum absolute atomic E-state index is 0.231. The SMILES string of the molecule is COC(=O)c1ccc(C)c(NC(=O)c2cc(N3CCC(=O)CC3)ccc2C)c1C. The van der Waals surface area contributed by atoms with Crippen LogP contribution in [0.2, 0.25) is 0 Å². The lowest BCUT2D eigenvalue weighted by molar-refractivity contribution is -0.119. The lowest BCUT2D eigenvalue weighted by Gasteiger charge is -2.28. The first-order chi connectivity index (χ1) is 13.8. The zero-order valence-electron chi connectivity index (χ0n) is 17.3. The Bertz CT molecular complexity index is 971. The smallest absolute Gasteiger partial charge is 0.338 e. The van der Waals surface area contributed by atoms with E-state index in [9.17, 15) is 14.4 Å². The van der Waals surface area contributed by atoms with Crippen LogP contribution in [0.25, 0.3) is 0 Å². The average Bonchev–Trinajstić information content (AvgIpc) is 2.71. The summed E-state index contributed by atoms with van der Waals surface area (Å²) in [5.41, 5.74) is 4.95.